The van der Waals surface area contributed by atoms with Crippen molar-refractivity contribution in [2.24, 2.45) is 4.99 Å². The lowest BCUT2D eigenvalue weighted by atomic mass is 10.1. The van der Waals surface area contributed by atoms with E-state index in [1.807, 2.05) is 24.3 Å². The zero-order valence-corrected chi connectivity index (χ0v) is 11.7. The molecule has 0 bridgehead atoms. The summed E-state index contributed by atoms with van der Waals surface area (Å²) in [5.74, 6) is 0. The molecular formula is C16H23NO2. The highest BCUT2D eigenvalue weighted by Crippen LogP contribution is 2.24. The Balaban J connectivity index is 1.66. The van der Waals surface area contributed by atoms with Gasteiger partial charge < -0.3 is 9.47 Å². The van der Waals surface area contributed by atoms with Gasteiger partial charge in [0.25, 0.3) is 0 Å². The van der Waals surface area contributed by atoms with Crippen LogP contribution in [0.15, 0.2) is 29.3 Å². The predicted octanol–water partition coefficient (Wildman–Crippen LogP) is 4.58. The molecule has 104 valence electrons. The van der Waals surface area contributed by atoms with Gasteiger partial charge in [-0.3, -0.25) is 0 Å². The first-order valence-electron chi connectivity index (χ1n) is 7.32. The summed E-state index contributed by atoms with van der Waals surface area (Å²) >= 11 is 0. The number of ether oxygens (including phenoxy) is 2. The van der Waals surface area contributed by atoms with Crippen molar-refractivity contribution in [2.45, 2.75) is 52.1 Å². The number of fused-ring (bicyclic) bond motifs is 1. The van der Waals surface area contributed by atoms with Gasteiger partial charge in [0.05, 0.1) is 12.3 Å². The van der Waals surface area contributed by atoms with Crippen LogP contribution in [0.25, 0.3) is 0 Å². The third-order valence-corrected chi connectivity index (χ3v) is 3.28. The Morgan fingerprint density at radius 3 is 2.79 bits per heavy atom. The third kappa shape index (κ3) is 4.58. The minimum Gasteiger partial charge on any atom is -0.450 e. The van der Waals surface area contributed by atoms with Crippen LogP contribution < -0.4 is 0 Å². The summed E-state index contributed by atoms with van der Waals surface area (Å²) in [5.41, 5.74) is 2.08. The summed E-state index contributed by atoms with van der Waals surface area (Å²) in [6.07, 6.45) is 7.99. The summed E-state index contributed by atoms with van der Waals surface area (Å²) in [6, 6.07) is 8.01. The topological polar surface area (TPSA) is 30.8 Å². The molecule has 1 aliphatic rings. The van der Waals surface area contributed by atoms with E-state index >= 15 is 0 Å². The summed E-state index contributed by atoms with van der Waals surface area (Å²) in [4.78, 5) is 4.36. The van der Waals surface area contributed by atoms with E-state index in [2.05, 4.69) is 11.9 Å². The van der Waals surface area contributed by atoms with Crippen LogP contribution in [0.1, 0.15) is 51.0 Å². The normalized spacial score (nSPS) is 13.4. The SMILES string of the molecule is CCCCCCCCOC1=Nc2ccccc2CO1. The lowest BCUT2D eigenvalue weighted by Crippen LogP contribution is -2.14. The minimum absolute atomic E-state index is 0.423. The van der Waals surface area contributed by atoms with Gasteiger partial charge in [0.1, 0.15) is 6.61 Å². The zero-order chi connectivity index (χ0) is 13.3. The van der Waals surface area contributed by atoms with Crippen molar-refractivity contribution in [2.75, 3.05) is 6.61 Å². The van der Waals surface area contributed by atoms with Crippen molar-refractivity contribution in [3.8, 4) is 0 Å². The van der Waals surface area contributed by atoms with Crippen LogP contribution >= 0.6 is 0 Å². The van der Waals surface area contributed by atoms with Crippen molar-refractivity contribution in [1.29, 1.82) is 0 Å². The van der Waals surface area contributed by atoms with Crippen LogP contribution in [-0.2, 0) is 16.1 Å². The monoisotopic (exact) mass is 261 g/mol. The molecule has 0 aliphatic carbocycles. The molecule has 2 rings (SSSR count). The number of nitrogens with zero attached hydrogens (tertiary/aromatic N) is 1. The van der Waals surface area contributed by atoms with E-state index in [1.54, 1.807) is 0 Å². The number of rotatable bonds is 7. The molecule has 0 aromatic heterocycles. The molecule has 0 spiro atoms. The first-order chi connectivity index (χ1) is 9.40. The van der Waals surface area contributed by atoms with E-state index in [1.165, 1.54) is 32.1 Å². The molecule has 1 aromatic rings. The first kappa shape index (κ1) is 13.9. The Morgan fingerprint density at radius 2 is 1.89 bits per heavy atom. The zero-order valence-electron chi connectivity index (χ0n) is 11.7. The van der Waals surface area contributed by atoms with Crippen molar-refractivity contribution in [3.63, 3.8) is 0 Å². The fourth-order valence-electron chi connectivity index (χ4n) is 2.13. The van der Waals surface area contributed by atoms with Gasteiger partial charge in [-0.05, 0) is 12.5 Å². The van der Waals surface area contributed by atoms with Gasteiger partial charge in [0.15, 0.2) is 0 Å². The van der Waals surface area contributed by atoms with E-state index in [4.69, 9.17) is 9.47 Å². The summed E-state index contributed by atoms with van der Waals surface area (Å²) in [7, 11) is 0. The molecule has 1 aliphatic heterocycles. The average molecular weight is 261 g/mol. The maximum absolute atomic E-state index is 5.57. The molecular weight excluding hydrogens is 238 g/mol. The number of unbranched alkanes of at least 4 members (excludes halogenated alkanes) is 5. The highest BCUT2D eigenvalue weighted by Gasteiger charge is 2.12. The van der Waals surface area contributed by atoms with E-state index in [0.717, 1.165) is 17.7 Å². The number of para-hydroxylation sites is 1. The highest BCUT2D eigenvalue weighted by atomic mass is 16.7. The quantitative estimate of drug-likeness (QED) is 0.672. The minimum atomic E-state index is 0.423. The largest absolute Gasteiger partial charge is 0.450 e. The van der Waals surface area contributed by atoms with Gasteiger partial charge in [-0.25, -0.2) is 0 Å². The second-order valence-corrected chi connectivity index (χ2v) is 4.91. The molecule has 0 fully saturated rings. The molecule has 3 nitrogen and oxygen atoms in total. The molecule has 1 aromatic carbocycles. The van der Waals surface area contributed by atoms with Crippen LogP contribution in [0.4, 0.5) is 5.69 Å². The number of aliphatic imine (C=N–C) groups is 1. The Hall–Kier alpha value is -1.51. The van der Waals surface area contributed by atoms with Gasteiger partial charge >= 0.3 is 6.08 Å². The summed E-state index contributed by atoms with van der Waals surface area (Å²) < 4.78 is 11.1. The number of hydrogen-bond acceptors (Lipinski definition) is 3. The van der Waals surface area contributed by atoms with Crippen LogP contribution in [0.2, 0.25) is 0 Å². The molecule has 3 heteroatoms. The second kappa shape index (κ2) is 7.82. The summed E-state index contributed by atoms with van der Waals surface area (Å²) in [5, 5.41) is 0. The molecule has 0 radical (unpaired) electrons. The third-order valence-electron chi connectivity index (χ3n) is 3.28. The van der Waals surface area contributed by atoms with Gasteiger partial charge in [-0.1, -0.05) is 57.2 Å². The van der Waals surface area contributed by atoms with E-state index in [-0.39, 0.29) is 0 Å². The Morgan fingerprint density at radius 1 is 1.11 bits per heavy atom. The van der Waals surface area contributed by atoms with Gasteiger partial charge in [-0.2, -0.15) is 4.99 Å². The van der Waals surface area contributed by atoms with Gasteiger partial charge in [-0.15, -0.1) is 0 Å². The molecule has 0 N–H and O–H groups in total. The van der Waals surface area contributed by atoms with Gasteiger partial charge in [0, 0.05) is 5.56 Å². The average Bonchev–Trinajstić information content (AvgIpc) is 2.46. The Labute approximate surface area is 115 Å². The number of hydrogen-bond donors (Lipinski definition) is 0. The van der Waals surface area contributed by atoms with Crippen LogP contribution in [-0.4, -0.2) is 12.7 Å². The molecule has 1 heterocycles. The van der Waals surface area contributed by atoms with Gasteiger partial charge in [0.2, 0.25) is 0 Å². The highest BCUT2D eigenvalue weighted by molar-refractivity contribution is 5.74. The van der Waals surface area contributed by atoms with Crippen LogP contribution in [0.3, 0.4) is 0 Å². The van der Waals surface area contributed by atoms with Crippen molar-refractivity contribution >= 4 is 11.8 Å². The van der Waals surface area contributed by atoms with Crippen LogP contribution in [0.5, 0.6) is 0 Å². The Bertz CT molecular complexity index is 415. The standard InChI is InChI=1S/C16H23NO2/c1-2-3-4-5-6-9-12-18-16-17-15-11-8-7-10-14(15)13-19-16/h7-8,10-11H,2-6,9,12-13H2,1H3. The van der Waals surface area contributed by atoms with E-state index < -0.39 is 0 Å². The smallest absolute Gasteiger partial charge is 0.389 e. The number of benzene rings is 1. The molecule has 0 saturated carbocycles. The van der Waals surface area contributed by atoms with Crippen molar-refractivity contribution in [1.82, 2.24) is 0 Å². The molecule has 19 heavy (non-hydrogen) atoms. The lowest BCUT2D eigenvalue weighted by molar-refractivity contribution is 0.151. The fourth-order valence-corrected chi connectivity index (χ4v) is 2.13. The molecule has 0 atom stereocenters. The summed E-state index contributed by atoms with van der Waals surface area (Å²) in [6.45, 7) is 3.50. The van der Waals surface area contributed by atoms with E-state index in [9.17, 15) is 0 Å². The van der Waals surface area contributed by atoms with Crippen molar-refractivity contribution < 1.29 is 9.47 Å². The first-order valence-corrected chi connectivity index (χ1v) is 7.32. The second-order valence-electron chi connectivity index (χ2n) is 4.91. The van der Waals surface area contributed by atoms with Crippen molar-refractivity contribution in [3.05, 3.63) is 29.8 Å². The fraction of sp³-hybridized carbons (Fsp3) is 0.562. The van der Waals surface area contributed by atoms with Crippen LogP contribution in [0, 0.1) is 0 Å². The maximum atomic E-state index is 5.57. The van der Waals surface area contributed by atoms with E-state index in [0.29, 0.717) is 19.3 Å². The Kier molecular flexibility index (Phi) is 5.73. The molecule has 0 saturated heterocycles. The maximum Gasteiger partial charge on any atom is 0.389 e. The lowest BCUT2D eigenvalue weighted by Gasteiger charge is -2.16. The predicted molar refractivity (Wildman–Crippen MR) is 77.7 cm³/mol. The molecule has 0 amide bonds. The molecule has 0 unspecified atom stereocenters.